The molecule has 0 saturated carbocycles. The van der Waals surface area contributed by atoms with Gasteiger partial charge in [-0.1, -0.05) is 6.08 Å². The van der Waals surface area contributed by atoms with E-state index >= 15 is 0 Å². The van der Waals surface area contributed by atoms with Crippen LogP contribution in [0.5, 0.6) is 0 Å². The Morgan fingerprint density at radius 2 is 2.33 bits per heavy atom. The van der Waals surface area contributed by atoms with Crippen LogP contribution in [-0.2, 0) is 0 Å². The molecular weight excluding hydrogens is 114 g/mol. The minimum atomic E-state index is -0.269. The van der Waals surface area contributed by atoms with Crippen molar-refractivity contribution in [3.63, 3.8) is 0 Å². The zero-order valence-electron chi connectivity index (χ0n) is 5.39. The first-order valence-corrected chi connectivity index (χ1v) is 2.87. The van der Waals surface area contributed by atoms with Crippen molar-refractivity contribution >= 4 is 0 Å². The van der Waals surface area contributed by atoms with E-state index in [2.05, 4.69) is 10.7 Å². The monoisotopic (exact) mass is 125 g/mol. The summed E-state index contributed by atoms with van der Waals surface area (Å²) in [5.41, 5.74) is 2.36. The summed E-state index contributed by atoms with van der Waals surface area (Å²) in [4.78, 5) is 0. The molecule has 3 heteroatoms. The molecule has 0 bridgehead atoms. The minimum absolute atomic E-state index is 0.269. The van der Waals surface area contributed by atoms with Gasteiger partial charge in [0.2, 0.25) is 0 Å². The van der Waals surface area contributed by atoms with Gasteiger partial charge >= 0.3 is 0 Å². The van der Waals surface area contributed by atoms with Gasteiger partial charge in [-0.3, -0.25) is 5.84 Å². The van der Waals surface area contributed by atoms with E-state index in [-0.39, 0.29) is 5.66 Å². The van der Waals surface area contributed by atoms with Crippen molar-refractivity contribution in [1.29, 1.82) is 0 Å². The highest BCUT2D eigenvalue weighted by Crippen LogP contribution is 2.02. The van der Waals surface area contributed by atoms with Gasteiger partial charge in [-0.05, 0) is 25.3 Å². The summed E-state index contributed by atoms with van der Waals surface area (Å²) in [7, 11) is 0. The number of nitrogens with two attached hydrogens (primary N) is 1. The second-order valence-electron chi connectivity index (χ2n) is 2.21. The van der Waals surface area contributed by atoms with E-state index in [1.807, 2.05) is 31.4 Å². The van der Waals surface area contributed by atoms with E-state index in [1.54, 1.807) is 0 Å². The van der Waals surface area contributed by atoms with Crippen LogP contribution in [0.2, 0.25) is 0 Å². The Morgan fingerprint density at radius 3 is 2.67 bits per heavy atom. The molecule has 4 N–H and O–H groups in total. The van der Waals surface area contributed by atoms with Gasteiger partial charge in [0.15, 0.2) is 0 Å². The molecule has 0 aromatic rings. The summed E-state index contributed by atoms with van der Waals surface area (Å²) in [5, 5.41) is 3.04. The maximum atomic E-state index is 5.24. The second-order valence-corrected chi connectivity index (χ2v) is 2.21. The first kappa shape index (κ1) is 6.32. The third-order valence-electron chi connectivity index (χ3n) is 1.32. The van der Waals surface area contributed by atoms with Crippen LogP contribution < -0.4 is 16.6 Å². The maximum absolute atomic E-state index is 5.24. The Morgan fingerprint density at radius 1 is 1.56 bits per heavy atom. The van der Waals surface area contributed by atoms with Crippen molar-refractivity contribution in [2.45, 2.75) is 12.6 Å². The number of hydrazine groups is 1. The molecule has 0 radical (unpaired) electrons. The van der Waals surface area contributed by atoms with Gasteiger partial charge in [0, 0.05) is 0 Å². The predicted molar refractivity (Wildman–Crippen MR) is 37.1 cm³/mol. The van der Waals surface area contributed by atoms with Crippen LogP contribution in [0.3, 0.4) is 0 Å². The topological polar surface area (TPSA) is 50.1 Å². The van der Waals surface area contributed by atoms with Crippen LogP contribution in [0, 0.1) is 0 Å². The molecule has 1 unspecified atom stereocenters. The number of hydrogen-bond donors (Lipinski definition) is 3. The molecule has 1 aliphatic rings. The minimum Gasteiger partial charge on any atom is -0.369 e. The number of hydrogen-bond acceptors (Lipinski definition) is 3. The van der Waals surface area contributed by atoms with Gasteiger partial charge in [0.05, 0.1) is 0 Å². The third kappa shape index (κ3) is 1.31. The van der Waals surface area contributed by atoms with Crippen molar-refractivity contribution in [3.05, 3.63) is 24.4 Å². The van der Waals surface area contributed by atoms with Gasteiger partial charge in [-0.2, -0.15) is 0 Å². The normalized spacial score (nSPS) is 32.2. The molecule has 0 amide bonds. The van der Waals surface area contributed by atoms with Crippen LogP contribution in [-0.4, -0.2) is 5.66 Å². The van der Waals surface area contributed by atoms with Crippen molar-refractivity contribution in [1.82, 2.24) is 10.7 Å². The van der Waals surface area contributed by atoms with Gasteiger partial charge in [0.25, 0.3) is 0 Å². The van der Waals surface area contributed by atoms with Crippen molar-refractivity contribution in [2.75, 3.05) is 0 Å². The fourth-order valence-electron chi connectivity index (χ4n) is 0.663. The Labute approximate surface area is 54.6 Å². The van der Waals surface area contributed by atoms with E-state index in [9.17, 15) is 0 Å². The summed E-state index contributed by atoms with van der Waals surface area (Å²) in [6.45, 7) is 1.95. The third-order valence-corrected chi connectivity index (χ3v) is 1.32. The van der Waals surface area contributed by atoms with Crippen molar-refractivity contribution in [3.8, 4) is 0 Å². The predicted octanol–water partition coefficient (Wildman–Crippen LogP) is -0.161. The lowest BCUT2D eigenvalue weighted by Crippen LogP contribution is -2.54. The van der Waals surface area contributed by atoms with E-state index in [1.165, 1.54) is 0 Å². The second kappa shape index (κ2) is 2.21. The summed E-state index contributed by atoms with van der Waals surface area (Å²) in [6, 6.07) is 0. The van der Waals surface area contributed by atoms with E-state index in [0.29, 0.717) is 0 Å². The van der Waals surface area contributed by atoms with E-state index in [0.717, 1.165) is 0 Å². The molecule has 1 aliphatic heterocycles. The molecule has 0 fully saturated rings. The van der Waals surface area contributed by atoms with Gasteiger partial charge < -0.3 is 5.32 Å². The molecule has 0 aromatic heterocycles. The zero-order valence-corrected chi connectivity index (χ0v) is 5.39. The average Bonchev–Trinajstić information content (AvgIpc) is 1.90. The number of rotatable bonds is 1. The first-order valence-electron chi connectivity index (χ1n) is 2.87. The molecule has 3 nitrogen and oxygen atoms in total. The van der Waals surface area contributed by atoms with Crippen LogP contribution >= 0.6 is 0 Å². The summed E-state index contributed by atoms with van der Waals surface area (Å²) in [5.74, 6) is 5.24. The standard InChI is InChI=1S/C6H11N3/c1-6(9-7)4-2-3-5-8-6/h2-5,8-9H,7H2,1H3. The fraction of sp³-hybridized carbons (Fsp3) is 0.333. The van der Waals surface area contributed by atoms with Gasteiger partial charge in [0.1, 0.15) is 5.66 Å². The Kier molecular flexibility index (Phi) is 1.55. The zero-order chi connectivity index (χ0) is 6.74. The Balaban J connectivity index is 2.63. The maximum Gasteiger partial charge on any atom is 0.117 e. The highest BCUT2D eigenvalue weighted by molar-refractivity contribution is 5.16. The molecule has 0 saturated heterocycles. The van der Waals surface area contributed by atoms with Crippen LogP contribution in [0.15, 0.2) is 24.4 Å². The number of nitrogens with one attached hydrogen (secondary N) is 2. The number of allylic oxidation sites excluding steroid dienone is 2. The molecule has 9 heavy (non-hydrogen) atoms. The number of dihydropyridines is 1. The van der Waals surface area contributed by atoms with E-state index < -0.39 is 0 Å². The SMILES string of the molecule is CC1(NN)C=CC=CN1. The first-order chi connectivity index (χ1) is 4.27. The molecule has 0 aromatic carbocycles. The quantitative estimate of drug-likeness (QED) is 0.337. The smallest absolute Gasteiger partial charge is 0.117 e. The summed E-state index contributed by atoms with van der Waals surface area (Å²) in [6.07, 6.45) is 7.66. The van der Waals surface area contributed by atoms with Gasteiger partial charge in [-0.15, -0.1) is 0 Å². The lowest BCUT2D eigenvalue weighted by molar-refractivity contribution is 0.400. The average molecular weight is 125 g/mol. The molecule has 0 aliphatic carbocycles. The van der Waals surface area contributed by atoms with Gasteiger partial charge in [-0.25, -0.2) is 5.43 Å². The molecule has 1 rings (SSSR count). The molecule has 0 spiro atoms. The lowest BCUT2D eigenvalue weighted by atomic mass is 10.1. The summed E-state index contributed by atoms with van der Waals surface area (Å²) < 4.78 is 0. The van der Waals surface area contributed by atoms with E-state index in [4.69, 9.17) is 5.84 Å². The highest BCUT2D eigenvalue weighted by atomic mass is 15.3. The van der Waals surface area contributed by atoms with Crippen LogP contribution in [0.25, 0.3) is 0 Å². The molecule has 1 heterocycles. The summed E-state index contributed by atoms with van der Waals surface area (Å²) >= 11 is 0. The molecular formula is C6H11N3. The molecule has 50 valence electrons. The lowest BCUT2D eigenvalue weighted by Gasteiger charge is -2.27. The Hall–Kier alpha value is -0.800. The van der Waals surface area contributed by atoms with Crippen molar-refractivity contribution in [2.24, 2.45) is 5.84 Å². The Bertz CT molecular complexity index is 150. The fourth-order valence-corrected chi connectivity index (χ4v) is 0.663. The van der Waals surface area contributed by atoms with Crippen LogP contribution in [0.1, 0.15) is 6.92 Å². The van der Waals surface area contributed by atoms with Crippen molar-refractivity contribution < 1.29 is 0 Å². The van der Waals surface area contributed by atoms with Crippen LogP contribution in [0.4, 0.5) is 0 Å². The molecule has 1 atom stereocenters. The largest absolute Gasteiger partial charge is 0.369 e. The highest BCUT2D eigenvalue weighted by Gasteiger charge is 2.16.